The number of unbranched alkanes of at least 4 members (excludes halogenated alkanes) is 41. The first-order valence-electron chi connectivity index (χ1n) is 26.0. The largest absolute Gasteiger partial charge is 0.481 e. The van der Waals surface area contributed by atoms with E-state index in [2.05, 4.69) is 20.8 Å². The predicted molar refractivity (Wildman–Crippen MR) is 248 cm³/mol. The second-order valence-corrected chi connectivity index (χ2v) is 17.8. The first-order chi connectivity index (χ1) is 27.1. The van der Waals surface area contributed by atoms with Gasteiger partial charge in [0, 0.05) is 6.61 Å². The van der Waals surface area contributed by atoms with E-state index in [1.165, 1.54) is 263 Å². The van der Waals surface area contributed by atoms with Gasteiger partial charge >= 0.3 is 5.97 Å². The monoisotopic (exact) mass is 779 g/mol. The van der Waals surface area contributed by atoms with Crippen molar-refractivity contribution in [2.24, 2.45) is 5.92 Å². The van der Waals surface area contributed by atoms with E-state index < -0.39 is 5.97 Å². The molecular weight excluding hydrogens is 673 g/mol. The highest BCUT2D eigenvalue weighted by Gasteiger charge is 2.16. The molecule has 0 aliphatic heterocycles. The molecule has 0 saturated carbocycles. The fourth-order valence-electron chi connectivity index (χ4n) is 8.22. The van der Waals surface area contributed by atoms with Crippen LogP contribution in [0.3, 0.4) is 0 Å². The summed E-state index contributed by atoms with van der Waals surface area (Å²) in [6, 6.07) is 0. The average Bonchev–Trinajstić information content (AvgIpc) is 3.19. The predicted octanol–water partition coefficient (Wildman–Crippen LogP) is 18.7. The first kappa shape index (κ1) is 56.5. The van der Waals surface area contributed by atoms with Crippen LogP contribution in [0.5, 0.6) is 0 Å². The second kappa shape index (κ2) is 53.4. The van der Waals surface area contributed by atoms with Crippen LogP contribution in [0, 0.1) is 5.92 Å². The van der Waals surface area contributed by atoms with Crippen LogP contribution >= 0.6 is 0 Å². The highest BCUT2D eigenvalue weighted by molar-refractivity contribution is 5.69. The Morgan fingerprint density at radius 2 is 0.455 bits per heavy atom. The van der Waals surface area contributed by atoms with Crippen molar-refractivity contribution in [2.45, 2.75) is 316 Å². The summed E-state index contributed by atoms with van der Waals surface area (Å²) in [6.45, 7) is 7.22. The number of hydrogen-bond donors (Lipinski definition) is 2. The third kappa shape index (κ3) is 53.4. The summed E-state index contributed by atoms with van der Waals surface area (Å²) in [4.78, 5) is 11.7. The molecule has 0 fully saturated rings. The molecule has 0 aromatic rings. The van der Waals surface area contributed by atoms with Gasteiger partial charge in [0.2, 0.25) is 0 Å². The molecule has 3 heteroatoms. The summed E-state index contributed by atoms with van der Waals surface area (Å²) >= 11 is 0. The maximum absolute atomic E-state index is 11.7. The molecule has 1 unspecified atom stereocenters. The molecular formula is C52H106O3. The summed E-state index contributed by atoms with van der Waals surface area (Å²) in [5, 5.41) is 18.2. The van der Waals surface area contributed by atoms with Crippen LogP contribution in [0.25, 0.3) is 0 Å². The topological polar surface area (TPSA) is 57.5 Å². The number of aliphatic hydroxyl groups excluding tert-OH is 1. The van der Waals surface area contributed by atoms with Gasteiger partial charge in [-0.2, -0.15) is 0 Å². The lowest BCUT2D eigenvalue weighted by atomic mass is 9.94. The third-order valence-corrected chi connectivity index (χ3v) is 12.2. The van der Waals surface area contributed by atoms with Crippen LogP contribution in [-0.4, -0.2) is 22.8 Å². The summed E-state index contributed by atoms with van der Waals surface area (Å²) in [7, 11) is 0. The summed E-state index contributed by atoms with van der Waals surface area (Å²) < 4.78 is 0. The zero-order valence-electron chi connectivity index (χ0n) is 38.6. The van der Waals surface area contributed by atoms with Crippen molar-refractivity contribution in [3.63, 3.8) is 0 Å². The smallest absolute Gasteiger partial charge is 0.306 e. The Kier molecular flexibility index (Phi) is 54.9. The van der Waals surface area contributed by atoms with Crippen molar-refractivity contribution in [1.29, 1.82) is 0 Å². The van der Waals surface area contributed by atoms with Crippen molar-refractivity contribution < 1.29 is 15.0 Å². The number of carboxylic acids is 1. The van der Waals surface area contributed by atoms with Crippen LogP contribution in [0.1, 0.15) is 316 Å². The van der Waals surface area contributed by atoms with Gasteiger partial charge in [0.05, 0.1) is 5.92 Å². The van der Waals surface area contributed by atoms with Gasteiger partial charge in [-0.3, -0.25) is 4.79 Å². The second-order valence-electron chi connectivity index (χ2n) is 17.8. The van der Waals surface area contributed by atoms with E-state index in [-0.39, 0.29) is 5.92 Å². The summed E-state index contributed by atoms with van der Waals surface area (Å²) in [5.74, 6) is -0.653. The minimum atomic E-state index is -0.555. The molecule has 55 heavy (non-hydrogen) atoms. The molecule has 0 rings (SSSR count). The number of carboxylic acid groups (broad SMARTS) is 1. The molecule has 0 aliphatic carbocycles. The van der Waals surface area contributed by atoms with E-state index in [0.29, 0.717) is 6.61 Å². The van der Waals surface area contributed by atoms with Gasteiger partial charge in [0.25, 0.3) is 0 Å². The van der Waals surface area contributed by atoms with Gasteiger partial charge < -0.3 is 10.2 Å². The van der Waals surface area contributed by atoms with E-state index >= 15 is 0 Å². The minimum Gasteiger partial charge on any atom is -0.481 e. The normalized spacial score (nSPS) is 11.9. The highest BCUT2D eigenvalue weighted by atomic mass is 16.4. The molecule has 0 spiro atoms. The maximum atomic E-state index is 11.7. The minimum absolute atomic E-state index is 0.0982. The first-order valence-corrected chi connectivity index (χ1v) is 26.0. The lowest BCUT2D eigenvalue weighted by Gasteiger charge is -2.12. The Balaban J connectivity index is 0. The average molecular weight is 779 g/mol. The molecule has 0 aliphatic rings. The zero-order chi connectivity index (χ0) is 40.4. The maximum Gasteiger partial charge on any atom is 0.306 e. The van der Waals surface area contributed by atoms with Crippen LogP contribution in [-0.2, 0) is 4.79 Å². The van der Waals surface area contributed by atoms with E-state index in [1.54, 1.807) is 0 Å². The Morgan fingerprint density at radius 3 is 0.618 bits per heavy atom. The lowest BCUT2D eigenvalue weighted by Crippen LogP contribution is -2.13. The number of aliphatic carboxylic acids is 1. The molecule has 2 N–H and O–H groups in total. The molecule has 0 saturated heterocycles. The molecule has 0 radical (unpaired) electrons. The van der Waals surface area contributed by atoms with Gasteiger partial charge in [-0.25, -0.2) is 0 Å². The van der Waals surface area contributed by atoms with Crippen molar-refractivity contribution in [1.82, 2.24) is 0 Å². The molecule has 332 valence electrons. The van der Waals surface area contributed by atoms with E-state index in [1.807, 2.05) is 0 Å². The number of rotatable bonds is 47. The van der Waals surface area contributed by atoms with Crippen LogP contribution < -0.4 is 0 Å². The van der Waals surface area contributed by atoms with E-state index in [4.69, 9.17) is 5.11 Å². The van der Waals surface area contributed by atoms with Crippen LogP contribution in [0.15, 0.2) is 0 Å². The number of carbonyl (C=O) groups is 1. The molecule has 3 nitrogen and oxygen atoms in total. The number of aliphatic hydroxyl groups is 1. The van der Waals surface area contributed by atoms with E-state index in [9.17, 15) is 9.90 Å². The fourth-order valence-corrected chi connectivity index (χ4v) is 8.22. The fraction of sp³-hybridized carbons (Fsp3) is 0.981. The summed E-state index contributed by atoms with van der Waals surface area (Å²) in [6.07, 6.45) is 62.0. The van der Waals surface area contributed by atoms with Crippen LogP contribution in [0.4, 0.5) is 0 Å². The van der Waals surface area contributed by atoms with Gasteiger partial charge in [-0.05, 0) is 19.3 Å². The molecule has 0 aromatic heterocycles. The van der Waals surface area contributed by atoms with Gasteiger partial charge in [-0.15, -0.1) is 0 Å². The van der Waals surface area contributed by atoms with Gasteiger partial charge in [0.15, 0.2) is 0 Å². The van der Waals surface area contributed by atoms with E-state index in [0.717, 1.165) is 32.1 Å². The Morgan fingerprint density at radius 1 is 0.291 bits per heavy atom. The van der Waals surface area contributed by atoms with Crippen molar-refractivity contribution in [3.8, 4) is 0 Å². The highest BCUT2D eigenvalue weighted by Crippen LogP contribution is 2.21. The van der Waals surface area contributed by atoms with Gasteiger partial charge in [0.1, 0.15) is 0 Å². The zero-order valence-corrected chi connectivity index (χ0v) is 38.6. The molecule has 0 amide bonds. The van der Waals surface area contributed by atoms with Gasteiger partial charge in [-0.1, -0.05) is 297 Å². The number of hydrogen-bond acceptors (Lipinski definition) is 2. The lowest BCUT2D eigenvalue weighted by molar-refractivity contribution is -0.142. The summed E-state index contributed by atoms with van der Waals surface area (Å²) in [5.41, 5.74) is 0. The van der Waals surface area contributed by atoms with Crippen molar-refractivity contribution >= 4 is 5.97 Å². The van der Waals surface area contributed by atoms with Crippen molar-refractivity contribution in [3.05, 3.63) is 0 Å². The van der Waals surface area contributed by atoms with Crippen molar-refractivity contribution in [2.75, 3.05) is 6.61 Å². The molecule has 0 bridgehead atoms. The SMILES string of the molecule is CCCCCCCCCCCCCCCCCCC(CCCCCCCCCCCCCCCC)C(=O)O.CCCCCCCCCCCCCCCCO. The molecule has 0 heterocycles. The Bertz CT molecular complexity index is 649. The standard InChI is InChI=1S/C36H72O2.C16H34O/c1-3-5-7-9-11-13-15-17-19-20-22-24-26-28-30-32-34-35(36(37)38)33-31-29-27-25-23-21-18-16-14-12-10-8-6-4-2;1-2-3-4-5-6-7-8-9-10-11-12-13-14-15-16-17/h35H,3-34H2,1-2H3,(H,37,38);17H,2-16H2,1H3. The quantitative estimate of drug-likeness (QED) is 0.0605. The third-order valence-electron chi connectivity index (χ3n) is 12.2. The Hall–Kier alpha value is -0.570. The Labute approximate surface area is 348 Å². The molecule has 0 aromatic carbocycles. The van der Waals surface area contributed by atoms with Crippen LogP contribution in [0.2, 0.25) is 0 Å². The molecule has 1 atom stereocenters.